The minimum Gasteiger partial charge on any atom is -0.350 e. The van der Waals surface area contributed by atoms with Crippen molar-refractivity contribution < 1.29 is 4.79 Å². The van der Waals surface area contributed by atoms with Crippen molar-refractivity contribution in [2.45, 2.75) is 51.2 Å². The molecule has 0 unspecified atom stereocenters. The van der Waals surface area contributed by atoms with E-state index in [9.17, 15) is 4.79 Å². The van der Waals surface area contributed by atoms with Crippen LogP contribution in [0.1, 0.15) is 43.7 Å². The van der Waals surface area contributed by atoms with E-state index < -0.39 is 5.54 Å². The van der Waals surface area contributed by atoms with Crippen molar-refractivity contribution in [2.24, 2.45) is 5.73 Å². The Hall–Kier alpha value is -0.560. The largest absolute Gasteiger partial charge is 0.350 e. The number of amides is 1. The number of benzene rings is 1. The molecule has 162 valence electrons. The smallest absolute Gasteiger partial charge is 0.240 e. The molecule has 0 bridgehead atoms. The summed E-state index contributed by atoms with van der Waals surface area (Å²) in [7, 11) is 0. The molecule has 0 spiro atoms. The molecule has 3 rings (SSSR count). The number of carbonyl (C=O) groups excluding carboxylic acids is 1. The van der Waals surface area contributed by atoms with Gasteiger partial charge in [-0.15, -0.1) is 37.2 Å². The van der Waals surface area contributed by atoms with E-state index in [0.717, 1.165) is 65.0 Å². The fourth-order valence-corrected chi connectivity index (χ4v) is 3.97. The number of halogens is 3. The van der Waals surface area contributed by atoms with Crippen molar-refractivity contribution in [3.05, 3.63) is 35.4 Å². The lowest BCUT2D eigenvalue weighted by molar-refractivity contribution is -0.126. The summed E-state index contributed by atoms with van der Waals surface area (Å²) >= 11 is 0. The van der Waals surface area contributed by atoms with E-state index >= 15 is 0 Å². The fraction of sp³-hybridized carbons (Fsp3) is 0.650. The molecule has 1 aromatic carbocycles. The second-order valence-electron chi connectivity index (χ2n) is 7.53. The van der Waals surface area contributed by atoms with Gasteiger partial charge in [-0.1, -0.05) is 44.0 Å². The minimum absolute atomic E-state index is 0. The monoisotopic (exact) mass is 452 g/mol. The molecule has 8 heteroatoms. The van der Waals surface area contributed by atoms with Crippen LogP contribution in [0.2, 0.25) is 0 Å². The van der Waals surface area contributed by atoms with Crippen LogP contribution in [-0.2, 0) is 17.9 Å². The summed E-state index contributed by atoms with van der Waals surface area (Å²) in [6.45, 7) is 9.40. The molecule has 2 aliphatic rings. The molecule has 0 radical (unpaired) electrons. The van der Waals surface area contributed by atoms with Crippen LogP contribution in [0.3, 0.4) is 0 Å². The third kappa shape index (κ3) is 7.05. The normalized spacial score (nSPS) is 19.1. The predicted molar refractivity (Wildman–Crippen MR) is 123 cm³/mol. The lowest BCUT2D eigenvalue weighted by atomic mass is 9.98. The molecule has 1 heterocycles. The number of nitrogens with zero attached hydrogens (tertiary/aromatic N) is 2. The third-order valence-electron chi connectivity index (χ3n) is 5.81. The number of piperazine rings is 1. The van der Waals surface area contributed by atoms with Crippen LogP contribution < -0.4 is 11.1 Å². The maximum atomic E-state index is 12.5. The molecule has 5 nitrogen and oxygen atoms in total. The van der Waals surface area contributed by atoms with Gasteiger partial charge in [0, 0.05) is 39.3 Å². The van der Waals surface area contributed by atoms with E-state index in [4.69, 9.17) is 5.73 Å². The molecule has 1 saturated carbocycles. The first-order chi connectivity index (χ1) is 12.1. The van der Waals surface area contributed by atoms with Gasteiger partial charge >= 0.3 is 0 Å². The second kappa shape index (κ2) is 12.9. The van der Waals surface area contributed by atoms with Crippen LogP contribution in [0.15, 0.2) is 24.3 Å². The van der Waals surface area contributed by atoms with Crippen LogP contribution in [0, 0.1) is 0 Å². The van der Waals surface area contributed by atoms with Gasteiger partial charge in [0.15, 0.2) is 0 Å². The average molecular weight is 454 g/mol. The maximum Gasteiger partial charge on any atom is 0.240 e. The quantitative estimate of drug-likeness (QED) is 0.695. The lowest BCUT2D eigenvalue weighted by Gasteiger charge is -2.34. The van der Waals surface area contributed by atoms with Gasteiger partial charge in [-0.3, -0.25) is 9.69 Å². The first-order valence-corrected chi connectivity index (χ1v) is 9.69. The van der Waals surface area contributed by atoms with Crippen LogP contribution in [0.5, 0.6) is 0 Å². The zero-order chi connectivity index (χ0) is 17.7. The molecule has 0 aromatic heterocycles. The summed E-state index contributed by atoms with van der Waals surface area (Å²) in [4.78, 5) is 17.5. The van der Waals surface area contributed by atoms with Gasteiger partial charge in [0.05, 0.1) is 5.54 Å². The number of nitrogens with two attached hydrogens (primary N) is 1. The highest BCUT2D eigenvalue weighted by Gasteiger charge is 2.36. The van der Waals surface area contributed by atoms with Crippen LogP contribution in [0.25, 0.3) is 0 Å². The van der Waals surface area contributed by atoms with Crippen LogP contribution >= 0.6 is 37.2 Å². The molecule has 1 aromatic rings. The Morgan fingerprint density at radius 2 is 1.54 bits per heavy atom. The number of hydrogen-bond donors (Lipinski definition) is 2. The molecule has 1 aliphatic heterocycles. The van der Waals surface area contributed by atoms with Crippen molar-refractivity contribution >= 4 is 43.1 Å². The predicted octanol–water partition coefficient (Wildman–Crippen LogP) is 2.98. The van der Waals surface area contributed by atoms with Gasteiger partial charge < -0.3 is 16.0 Å². The third-order valence-corrected chi connectivity index (χ3v) is 5.81. The summed E-state index contributed by atoms with van der Waals surface area (Å²) in [5.41, 5.74) is 8.12. The Labute approximate surface area is 188 Å². The van der Waals surface area contributed by atoms with Gasteiger partial charge in [0.25, 0.3) is 0 Å². The second-order valence-corrected chi connectivity index (χ2v) is 7.53. The summed E-state index contributed by atoms with van der Waals surface area (Å²) in [6.07, 6.45) is 3.73. The SMILES string of the molecule is CCN1CCN(Cc2ccccc2CNC(=O)C2(N)CCCC2)CC1.Cl.Cl.Cl. The highest BCUT2D eigenvalue weighted by Crippen LogP contribution is 2.27. The first kappa shape index (κ1) is 27.4. The van der Waals surface area contributed by atoms with E-state index in [1.807, 2.05) is 6.07 Å². The van der Waals surface area contributed by atoms with Gasteiger partial charge in [-0.25, -0.2) is 0 Å². The molecule has 2 fully saturated rings. The molecular weight excluding hydrogens is 419 g/mol. The molecule has 1 amide bonds. The zero-order valence-corrected chi connectivity index (χ0v) is 19.1. The lowest BCUT2D eigenvalue weighted by Crippen LogP contribution is -2.51. The van der Waals surface area contributed by atoms with Crippen LogP contribution in [0.4, 0.5) is 0 Å². The summed E-state index contributed by atoms with van der Waals surface area (Å²) in [5, 5.41) is 3.08. The van der Waals surface area contributed by atoms with E-state index in [2.05, 4.69) is 40.2 Å². The van der Waals surface area contributed by atoms with Gasteiger partial charge in [-0.2, -0.15) is 0 Å². The zero-order valence-electron chi connectivity index (χ0n) is 16.7. The molecule has 0 atom stereocenters. The first-order valence-electron chi connectivity index (χ1n) is 9.69. The Morgan fingerprint density at radius 1 is 1.00 bits per heavy atom. The number of nitrogens with one attached hydrogen (secondary N) is 1. The topological polar surface area (TPSA) is 61.6 Å². The molecule has 28 heavy (non-hydrogen) atoms. The highest BCUT2D eigenvalue weighted by atomic mass is 35.5. The Bertz CT molecular complexity index is 589. The molecule has 1 aliphatic carbocycles. The fourth-order valence-electron chi connectivity index (χ4n) is 3.97. The van der Waals surface area contributed by atoms with Gasteiger partial charge in [0.1, 0.15) is 0 Å². The van der Waals surface area contributed by atoms with Crippen molar-refractivity contribution in [2.75, 3.05) is 32.7 Å². The number of likely N-dealkylation sites (N-methyl/N-ethyl adjacent to an activating group) is 1. The highest BCUT2D eigenvalue weighted by molar-refractivity contribution is 5.86. The molecule has 1 saturated heterocycles. The maximum absolute atomic E-state index is 12.5. The Morgan fingerprint density at radius 3 is 2.11 bits per heavy atom. The summed E-state index contributed by atoms with van der Waals surface area (Å²) in [6, 6.07) is 8.44. The summed E-state index contributed by atoms with van der Waals surface area (Å²) < 4.78 is 0. The van der Waals surface area contributed by atoms with E-state index in [1.54, 1.807) is 0 Å². The van der Waals surface area contributed by atoms with Crippen LogP contribution in [-0.4, -0.2) is 54.0 Å². The van der Waals surface area contributed by atoms with Crippen molar-refractivity contribution in [1.29, 1.82) is 0 Å². The van der Waals surface area contributed by atoms with E-state index in [-0.39, 0.29) is 43.1 Å². The van der Waals surface area contributed by atoms with Gasteiger partial charge in [-0.05, 0) is 30.5 Å². The van der Waals surface area contributed by atoms with E-state index in [1.165, 1.54) is 11.1 Å². The van der Waals surface area contributed by atoms with E-state index in [0.29, 0.717) is 6.54 Å². The van der Waals surface area contributed by atoms with Crippen molar-refractivity contribution in [3.63, 3.8) is 0 Å². The average Bonchev–Trinajstić information content (AvgIpc) is 3.09. The van der Waals surface area contributed by atoms with Crippen molar-refractivity contribution in [3.8, 4) is 0 Å². The summed E-state index contributed by atoms with van der Waals surface area (Å²) in [5.74, 6) is 0.0105. The molecular formula is C20H35Cl3N4O. The standard InChI is InChI=1S/C20H32N4O.3ClH/c1-2-23-11-13-24(14-12-23)16-18-8-4-3-7-17(18)15-22-19(25)20(21)9-5-6-10-20;;;/h3-4,7-8H,2,5-6,9-16,21H2,1H3,(H,22,25);3*1H. The number of rotatable bonds is 6. The number of hydrogen-bond acceptors (Lipinski definition) is 4. The Kier molecular flexibility index (Phi) is 12.6. The molecule has 3 N–H and O–H groups in total. The Balaban J connectivity index is 0.00000243. The minimum atomic E-state index is -0.647. The number of carbonyl (C=O) groups is 1. The van der Waals surface area contributed by atoms with Crippen molar-refractivity contribution in [1.82, 2.24) is 15.1 Å². The van der Waals surface area contributed by atoms with Gasteiger partial charge in [0.2, 0.25) is 5.91 Å².